The zero-order chi connectivity index (χ0) is 20.4. The molecule has 0 aliphatic carbocycles. The maximum atomic E-state index is 13.0. The molecule has 0 N–H and O–H groups in total. The Kier molecular flexibility index (Phi) is 5.22. The second kappa shape index (κ2) is 7.82. The minimum atomic E-state index is -0.0196. The van der Waals surface area contributed by atoms with Crippen molar-refractivity contribution < 1.29 is 9.21 Å². The van der Waals surface area contributed by atoms with Gasteiger partial charge in [0.05, 0.1) is 5.69 Å². The quantitative estimate of drug-likeness (QED) is 0.638. The van der Waals surface area contributed by atoms with Crippen LogP contribution in [0.1, 0.15) is 66.2 Å². The van der Waals surface area contributed by atoms with E-state index in [-0.39, 0.29) is 17.2 Å². The van der Waals surface area contributed by atoms with Crippen LogP contribution in [0.4, 0.5) is 0 Å². The number of benzene rings is 1. The van der Waals surface area contributed by atoms with Crippen molar-refractivity contribution in [3.05, 3.63) is 83.8 Å². The predicted octanol–water partition coefficient (Wildman–Crippen LogP) is 4.88. The second-order valence-corrected chi connectivity index (χ2v) is 8.86. The fourth-order valence-electron chi connectivity index (χ4n) is 4.31. The molecule has 3 aromatic rings. The third kappa shape index (κ3) is 4.09. The lowest BCUT2D eigenvalue weighted by Gasteiger charge is -2.29. The first-order valence-electron chi connectivity index (χ1n) is 10.1. The predicted molar refractivity (Wildman–Crippen MR) is 112 cm³/mol. The lowest BCUT2D eigenvalue weighted by Crippen LogP contribution is -2.28. The highest BCUT2D eigenvalue weighted by molar-refractivity contribution is 5.94. The van der Waals surface area contributed by atoms with Crippen LogP contribution in [-0.2, 0) is 0 Å². The summed E-state index contributed by atoms with van der Waals surface area (Å²) >= 11 is 0. The molecule has 1 aromatic carbocycles. The van der Waals surface area contributed by atoms with Crippen molar-refractivity contribution >= 4 is 5.91 Å². The maximum Gasteiger partial charge on any atom is 0.253 e. The fourth-order valence-corrected chi connectivity index (χ4v) is 4.31. The molecule has 0 saturated carbocycles. The first kappa shape index (κ1) is 19.4. The Balaban J connectivity index is 1.50. The summed E-state index contributed by atoms with van der Waals surface area (Å²) in [5.41, 5.74) is 3.97. The molecule has 1 fully saturated rings. The maximum absolute atomic E-state index is 13.0. The van der Waals surface area contributed by atoms with Crippen molar-refractivity contribution in [1.29, 1.82) is 0 Å². The van der Waals surface area contributed by atoms with Crippen molar-refractivity contribution in [3.63, 3.8) is 0 Å². The summed E-state index contributed by atoms with van der Waals surface area (Å²) in [6.45, 7) is 8.09. The highest BCUT2D eigenvalue weighted by atomic mass is 16.3. The number of pyridine rings is 1. The lowest BCUT2D eigenvalue weighted by molar-refractivity contribution is 0.0790. The Morgan fingerprint density at radius 2 is 2.00 bits per heavy atom. The van der Waals surface area contributed by atoms with E-state index in [1.165, 1.54) is 12.0 Å². The second-order valence-electron chi connectivity index (χ2n) is 8.86. The zero-order valence-electron chi connectivity index (χ0n) is 17.2. The van der Waals surface area contributed by atoms with E-state index in [2.05, 4.69) is 36.8 Å². The summed E-state index contributed by atoms with van der Waals surface area (Å²) in [4.78, 5) is 23.5. The monoisotopic (exact) mass is 389 g/mol. The summed E-state index contributed by atoms with van der Waals surface area (Å²) in [6.07, 6.45) is 7.85. The first-order chi connectivity index (χ1) is 13.9. The average molecular weight is 389 g/mol. The Labute approximate surface area is 171 Å². The number of hydrogen-bond acceptors (Lipinski definition) is 4. The van der Waals surface area contributed by atoms with Gasteiger partial charge in [0.1, 0.15) is 6.26 Å². The lowest BCUT2D eigenvalue weighted by atomic mass is 9.75. The van der Waals surface area contributed by atoms with Gasteiger partial charge in [-0.1, -0.05) is 39.0 Å². The Morgan fingerprint density at radius 3 is 2.62 bits per heavy atom. The number of hydrogen-bond donors (Lipinski definition) is 0. The number of amides is 1. The van der Waals surface area contributed by atoms with Crippen LogP contribution in [0.15, 0.2) is 65.9 Å². The van der Waals surface area contributed by atoms with Gasteiger partial charge in [0, 0.05) is 42.9 Å². The molecule has 2 unspecified atom stereocenters. The number of nitrogens with zero attached hydrogens (tertiary/aromatic N) is 3. The van der Waals surface area contributed by atoms with E-state index in [1.807, 2.05) is 41.4 Å². The molecule has 1 aliphatic heterocycles. The SMILES string of the molecule is CC(C)(C)C(c1ccc(C(=O)N2CCC(c3cccnc3)C2)cc1)c1cocn1. The smallest absolute Gasteiger partial charge is 0.253 e. The number of likely N-dealkylation sites (tertiary alicyclic amines) is 1. The molecule has 0 radical (unpaired) electrons. The molecule has 1 aliphatic rings. The van der Waals surface area contributed by atoms with E-state index >= 15 is 0 Å². The van der Waals surface area contributed by atoms with Crippen LogP contribution in [0, 0.1) is 5.41 Å². The molecular formula is C24H27N3O2. The van der Waals surface area contributed by atoms with Crippen molar-refractivity contribution in [2.24, 2.45) is 5.41 Å². The topological polar surface area (TPSA) is 59.2 Å². The van der Waals surface area contributed by atoms with Crippen LogP contribution < -0.4 is 0 Å². The Bertz CT molecular complexity index is 944. The number of rotatable bonds is 4. The minimum Gasteiger partial charge on any atom is -0.451 e. The number of carbonyl (C=O) groups is 1. The summed E-state index contributed by atoms with van der Waals surface area (Å²) in [5, 5.41) is 0. The highest BCUT2D eigenvalue weighted by Gasteiger charge is 2.31. The van der Waals surface area contributed by atoms with E-state index < -0.39 is 0 Å². The van der Waals surface area contributed by atoms with Gasteiger partial charge in [-0.3, -0.25) is 9.78 Å². The Morgan fingerprint density at radius 1 is 1.21 bits per heavy atom. The van der Waals surface area contributed by atoms with Gasteiger partial charge in [-0.2, -0.15) is 0 Å². The summed E-state index contributed by atoms with van der Waals surface area (Å²) in [7, 11) is 0. The van der Waals surface area contributed by atoms with Crippen molar-refractivity contribution in [1.82, 2.24) is 14.9 Å². The molecule has 150 valence electrons. The number of aromatic nitrogens is 2. The van der Waals surface area contributed by atoms with Gasteiger partial charge in [0.15, 0.2) is 6.39 Å². The molecule has 0 spiro atoms. The normalized spacial score (nSPS) is 18.0. The van der Waals surface area contributed by atoms with Gasteiger partial charge in [-0.05, 0) is 41.2 Å². The van der Waals surface area contributed by atoms with Crippen molar-refractivity contribution in [3.8, 4) is 0 Å². The summed E-state index contributed by atoms with van der Waals surface area (Å²) in [6, 6.07) is 12.0. The minimum absolute atomic E-state index is 0.0196. The van der Waals surface area contributed by atoms with Crippen molar-refractivity contribution in [2.75, 3.05) is 13.1 Å². The third-order valence-electron chi connectivity index (χ3n) is 5.74. The van der Waals surface area contributed by atoms with Gasteiger partial charge >= 0.3 is 0 Å². The van der Waals surface area contributed by atoms with Crippen molar-refractivity contribution in [2.45, 2.75) is 39.0 Å². The molecule has 0 bridgehead atoms. The number of oxazole rings is 1. The number of carbonyl (C=O) groups excluding carboxylic acids is 1. The molecule has 2 atom stereocenters. The molecule has 4 rings (SSSR count). The standard InChI is InChI=1S/C24H27N3O2/c1-24(2,3)22(21-15-29-16-26-21)17-6-8-18(9-7-17)23(28)27-12-10-20(14-27)19-5-4-11-25-13-19/h4-9,11,13,15-16,20,22H,10,12,14H2,1-3H3. The largest absolute Gasteiger partial charge is 0.451 e. The zero-order valence-corrected chi connectivity index (χ0v) is 17.2. The van der Waals surface area contributed by atoms with Crippen LogP contribution in [0.3, 0.4) is 0 Å². The average Bonchev–Trinajstić information content (AvgIpc) is 3.40. The fraction of sp³-hybridized carbons (Fsp3) is 0.375. The molecule has 2 aromatic heterocycles. The molecular weight excluding hydrogens is 362 g/mol. The van der Waals surface area contributed by atoms with Gasteiger partial charge in [-0.25, -0.2) is 4.98 Å². The van der Waals surface area contributed by atoms with Crippen LogP contribution in [0.5, 0.6) is 0 Å². The van der Waals surface area contributed by atoms with E-state index in [4.69, 9.17) is 4.42 Å². The van der Waals surface area contributed by atoms with Crippen LogP contribution in [0.25, 0.3) is 0 Å². The van der Waals surface area contributed by atoms with Gasteiger partial charge in [0.25, 0.3) is 5.91 Å². The summed E-state index contributed by atoms with van der Waals surface area (Å²) < 4.78 is 5.21. The van der Waals surface area contributed by atoms with E-state index in [1.54, 1.807) is 12.5 Å². The molecule has 3 heterocycles. The molecule has 1 saturated heterocycles. The molecule has 1 amide bonds. The molecule has 5 nitrogen and oxygen atoms in total. The van der Waals surface area contributed by atoms with E-state index in [0.717, 1.165) is 36.3 Å². The van der Waals surface area contributed by atoms with Gasteiger partial charge in [0.2, 0.25) is 0 Å². The van der Waals surface area contributed by atoms with Crippen LogP contribution >= 0.6 is 0 Å². The Hall–Kier alpha value is -2.95. The molecule has 29 heavy (non-hydrogen) atoms. The van der Waals surface area contributed by atoms with Gasteiger partial charge in [-0.15, -0.1) is 0 Å². The van der Waals surface area contributed by atoms with Gasteiger partial charge < -0.3 is 9.32 Å². The van der Waals surface area contributed by atoms with Crippen LogP contribution in [-0.4, -0.2) is 33.9 Å². The molecule has 5 heteroatoms. The van der Waals surface area contributed by atoms with E-state index in [0.29, 0.717) is 5.92 Å². The first-order valence-corrected chi connectivity index (χ1v) is 10.1. The van der Waals surface area contributed by atoms with Crippen LogP contribution in [0.2, 0.25) is 0 Å². The highest BCUT2D eigenvalue weighted by Crippen LogP contribution is 2.39. The van der Waals surface area contributed by atoms with E-state index in [9.17, 15) is 4.79 Å². The third-order valence-corrected chi connectivity index (χ3v) is 5.74. The summed E-state index contributed by atoms with van der Waals surface area (Å²) in [5.74, 6) is 0.563.